The monoisotopic (exact) mass is 339 g/mol. The van der Waals surface area contributed by atoms with Crippen molar-refractivity contribution in [3.63, 3.8) is 0 Å². The summed E-state index contributed by atoms with van der Waals surface area (Å²) in [5, 5.41) is 6.80. The van der Waals surface area contributed by atoms with E-state index >= 15 is 0 Å². The van der Waals surface area contributed by atoms with Crippen molar-refractivity contribution in [3.8, 4) is 0 Å². The molecule has 1 aromatic carbocycles. The van der Waals surface area contributed by atoms with Crippen molar-refractivity contribution in [2.24, 2.45) is 0 Å². The lowest BCUT2D eigenvalue weighted by molar-refractivity contribution is -0.124. The molecule has 1 atom stereocenters. The normalized spacial score (nSPS) is 11.9. The molecule has 0 saturated carbocycles. The van der Waals surface area contributed by atoms with E-state index in [0.717, 1.165) is 11.3 Å². The van der Waals surface area contributed by atoms with Gasteiger partial charge in [-0.3, -0.25) is 4.79 Å². The van der Waals surface area contributed by atoms with Crippen LogP contribution in [0.5, 0.6) is 0 Å². The summed E-state index contributed by atoms with van der Waals surface area (Å²) >= 11 is 0. The van der Waals surface area contributed by atoms with Crippen molar-refractivity contribution in [3.05, 3.63) is 59.7 Å². The van der Waals surface area contributed by atoms with Gasteiger partial charge < -0.3 is 10.1 Å². The Morgan fingerprint density at radius 1 is 1.24 bits per heavy atom. The van der Waals surface area contributed by atoms with Gasteiger partial charge in [0.2, 0.25) is 0 Å². The summed E-state index contributed by atoms with van der Waals surface area (Å²) < 4.78 is 6.42. The van der Waals surface area contributed by atoms with Crippen LogP contribution in [-0.4, -0.2) is 38.1 Å². The Balaban J connectivity index is 1.58. The molecule has 2 aromatic heterocycles. The molecule has 0 aliphatic carbocycles. The van der Waals surface area contributed by atoms with Crippen molar-refractivity contribution in [1.29, 1.82) is 0 Å². The number of aryl methyl sites for hydroxylation is 1. The predicted octanol–water partition coefficient (Wildman–Crippen LogP) is 1.47. The molecule has 1 N–H and O–H groups in total. The highest BCUT2D eigenvalue weighted by Crippen LogP contribution is 2.10. The SMILES string of the molecule is Cc1ccnc2nc(C(=O)OCC(=O)N[C@H](C)c3ccccc3)nn12. The fourth-order valence-corrected chi connectivity index (χ4v) is 2.30. The maximum Gasteiger partial charge on any atom is 0.378 e. The van der Waals surface area contributed by atoms with Crippen LogP contribution in [0.15, 0.2) is 42.6 Å². The van der Waals surface area contributed by atoms with E-state index < -0.39 is 18.5 Å². The highest BCUT2D eigenvalue weighted by Gasteiger charge is 2.18. The molecule has 3 rings (SSSR count). The number of nitrogens with zero attached hydrogens (tertiary/aromatic N) is 4. The number of fused-ring (bicyclic) bond motifs is 1. The third-order valence-corrected chi connectivity index (χ3v) is 3.62. The first-order chi connectivity index (χ1) is 12.0. The van der Waals surface area contributed by atoms with Gasteiger partial charge >= 0.3 is 5.97 Å². The summed E-state index contributed by atoms with van der Waals surface area (Å²) in [6, 6.07) is 11.1. The number of hydrogen-bond acceptors (Lipinski definition) is 6. The number of hydrogen-bond donors (Lipinski definition) is 1. The summed E-state index contributed by atoms with van der Waals surface area (Å²) in [5.41, 5.74) is 1.75. The van der Waals surface area contributed by atoms with Crippen LogP contribution in [0.3, 0.4) is 0 Å². The Kier molecular flexibility index (Phi) is 4.69. The van der Waals surface area contributed by atoms with Gasteiger partial charge in [-0.05, 0) is 25.5 Å². The first-order valence-electron chi connectivity index (χ1n) is 7.74. The Labute approximate surface area is 143 Å². The lowest BCUT2D eigenvalue weighted by atomic mass is 10.1. The molecule has 0 unspecified atom stereocenters. The highest BCUT2D eigenvalue weighted by molar-refractivity contribution is 5.88. The molecule has 25 heavy (non-hydrogen) atoms. The maximum absolute atomic E-state index is 12.0. The van der Waals surface area contributed by atoms with Crippen molar-refractivity contribution in [2.45, 2.75) is 19.9 Å². The summed E-state index contributed by atoms with van der Waals surface area (Å²) in [6.45, 7) is 3.27. The van der Waals surface area contributed by atoms with E-state index in [0.29, 0.717) is 5.78 Å². The average molecular weight is 339 g/mol. The van der Waals surface area contributed by atoms with Crippen LogP contribution in [0.2, 0.25) is 0 Å². The second-order valence-electron chi connectivity index (χ2n) is 5.51. The van der Waals surface area contributed by atoms with E-state index in [2.05, 4.69) is 20.4 Å². The molecular formula is C17H17N5O3. The minimum atomic E-state index is -0.771. The predicted molar refractivity (Wildman–Crippen MR) is 88.8 cm³/mol. The van der Waals surface area contributed by atoms with Crippen LogP contribution < -0.4 is 5.32 Å². The van der Waals surface area contributed by atoms with Gasteiger partial charge in [0.1, 0.15) is 0 Å². The number of carbonyl (C=O) groups excluding carboxylic acids is 2. The molecule has 0 radical (unpaired) electrons. The van der Waals surface area contributed by atoms with Crippen LogP contribution in [-0.2, 0) is 9.53 Å². The van der Waals surface area contributed by atoms with Crippen molar-refractivity contribution in [1.82, 2.24) is 24.9 Å². The van der Waals surface area contributed by atoms with Crippen LogP contribution >= 0.6 is 0 Å². The van der Waals surface area contributed by atoms with Gasteiger partial charge in [-0.2, -0.15) is 4.98 Å². The molecule has 8 heteroatoms. The number of benzene rings is 1. The minimum Gasteiger partial charge on any atom is -0.450 e. The highest BCUT2D eigenvalue weighted by atomic mass is 16.5. The molecule has 0 fully saturated rings. The Bertz CT molecular complexity index is 907. The number of amides is 1. The third kappa shape index (κ3) is 3.79. The van der Waals surface area contributed by atoms with E-state index in [4.69, 9.17) is 4.74 Å². The molecule has 128 valence electrons. The smallest absolute Gasteiger partial charge is 0.378 e. The molecule has 8 nitrogen and oxygen atoms in total. The number of rotatable bonds is 5. The Morgan fingerprint density at radius 3 is 2.72 bits per heavy atom. The quantitative estimate of drug-likeness (QED) is 0.707. The maximum atomic E-state index is 12.0. The van der Waals surface area contributed by atoms with Gasteiger partial charge in [0.05, 0.1) is 6.04 Å². The molecule has 0 aliphatic rings. The summed E-state index contributed by atoms with van der Waals surface area (Å²) in [4.78, 5) is 32.0. The average Bonchev–Trinajstić information content (AvgIpc) is 3.06. The van der Waals surface area contributed by atoms with E-state index in [9.17, 15) is 9.59 Å². The first kappa shape index (κ1) is 16.6. The number of esters is 1. The van der Waals surface area contributed by atoms with Gasteiger partial charge in [0, 0.05) is 11.9 Å². The molecule has 0 saturated heterocycles. The van der Waals surface area contributed by atoms with Crippen LogP contribution in [0.4, 0.5) is 0 Å². The zero-order valence-electron chi connectivity index (χ0n) is 13.8. The zero-order valence-corrected chi connectivity index (χ0v) is 13.8. The minimum absolute atomic E-state index is 0.134. The van der Waals surface area contributed by atoms with Gasteiger partial charge in [-0.15, -0.1) is 5.10 Å². The summed E-state index contributed by atoms with van der Waals surface area (Å²) in [5.74, 6) is -1.00. The second-order valence-corrected chi connectivity index (χ2v) is 5.51. The Morgan fingerprint density at radius 2 is 2.00 bits per heavy atom. The van der Waals surface area contributed by atoms with Gasteiger partial charge in [-0.25, -0.2) is 14.3 Å². The van der Waals surface area contributed by atoms with Gasteiger partial charge in [0.25, 0.3) is 17.5 Å². The zero-order chi connectivity index (χ0) is 17.8. The molecule has 2 heterocycles. The number of nitrogens with one attached hydrogen (secondary N) is 1. The topological polar surface area (TPSA) is 98.5 Å². The number of carbonyl (C=O) groups is 2. The van der Waals surface area contributed by atoms with Gasteiger partial charge in [-0.1, -0.05) is 30.3 Å². The van der Waals surface area contributed by atoms with E-state index in [1.807, 2.05) is 44.2 Å². The van der Waals surface area contributed by atoms with Crippen LogP contribution in [0, 0.1) is 6.92 Å². The summed E-state index contributed by atoms with van der Waals surface area (Å²) in [6.07, 6.45) is 1.58. The molecule has 1 amide bonds. The third-order valence-electron chi connectivity index (χ3n) is 3.62. The van der Waals surface area contributed by atoms with Crippen molar-refractivity contribution >= 4 is 17.7 Å². The molecular weight excluding hydrogens is 322 g/mol. The molecule has 0 bridgehead atoms. The fourth-order valence-electron chi connectivity index (χ4n) is 2.30. The van der Waals surface area contributed by atoms with E-state index in [1.165, 1.54) is 4.52 Å². The standard InChI is InChI=1S/C17H17N5O3/c1-11-8-9-18-17-20-15(21-22(11)17)16(24)25-10-14(23)19-12(2)13-6-4-3-5-7-13/h3-9,12H,10H2,1-2H3,(H,19,23)/t12-/m1/s1. The van der Waals surface area contributed by atoms with Crippen molar-refractivity contribution in [2.75, 3.05) is 6.61 Å². The molecule has 0 aliphatic heterocycles. The number of ether oxygens (including phenoxy) is 1. The largest absolute Gasteiger partial charge is 0.450 e. The molecule has 3 aromatic rings. The van der Waals surface area contributed by atoms with Crippen molar-refractivity contribution < 1.29 is 14.3 Å². The first-order valence-corrected chi connectivity index (χ1v) is 7.74. The lowest BCUT2D eigenvalue weighted by Gasteiger charge is -2.13. The lowest BCUT2D eigenvalue weighted by Crippen LogP contribution is -2.31. The molecule has 0 spiro atoms. The van der Waals surface area contributed by atoms with E-state index in [1.54, 1.807) is 12.3 Å². The fraction of sp³-hybridized carbons (Fsp3) is 0.235. The van der Waals surface area contributed by atoms with E-state index in [-0.39, 0.29) is 11.9 Å². The second kappa shape index (κ2) is 7.08. The van der Waals surface area contributed by atoms with Crippen LogP contribution in [0.25, 0.3) is 5.78 Å². The van der Waals surface area contributed by atoms with Gasteiger partial charge in [0.15, 0.2) is 6.61 Å². The summed E-state index contributed by atoms with van der Waals surface area (Å²) in [7, 11) is 0. The number of aromatic nitrogens is 4. The van der Waals surface area contributed by atoms with Crippen LogP contribution in [0.1, 0.15) is 34.8 Å². The Hall–Kier alpha value is -3.29.